The summed E-state index contributed by atoms with van der Waals surface area (Å²) < 4.78 is 5.56. The molecule has 1 fully saturated rings. The smallest absolute Gasteiger partial charge is 0.266 e. The standard InChI is InChI=1S/C38H63NO2S/c1-2-3-4-5-6-7-8-9-10-11-12-13-14-15-16-17-18-19-20-21-22-23-24-25-29-32-37(40)39-36(34-41-38(39)42)33-35-30-27-26-28-31-35/h9-10,26-28,30-31,36H,2-8,11-25,29,32-34H2,1H3/b10-9-/t36-/m0/s1. The monoisotopic (exact) mass is 597 g/mol. The maximum atomic E-state index is 12.8. The molecule has 1 saturated heterocycles. The van der Waals surface area contributed by atoms with Gasteiger partial charge in [0.05, 0.1) is 6.04 Å². The molecule has 1 aliphatic rings. The van der Waals surface area contributed by atoms with E-state index in [0.717, 1.165) is 19.3 Å². The summed E-state index contributed by atoms with van der Waals surface area (Å²) in [7, 11) is 0. The van der Waals surface area contributed by atoms with Crippen LogP contribution in [0.25, 0.3) is 0 Å². The fraction of sp³-hybridized carbons (Fsp3) is 0.737. The van der Waals surface area contributed by atoms with Crippen molar-refractivity contribution in [3.05, 3.63) is 48.0 Å². The van der Waals surface area contributed by atoms with Crippen LogP contribution >= 0.6 is 12.2 Å². The lowest BCUT2D eigenvalue weighted by Crippen LogP contribution is -2.40. The first-order valence-electron chi connectivity index (χ1n) is 17.9. The number of carbonyl (C=O) groups is 1. The number of allylic oxidation sites excluding steroid dienone is 2. The lowest BCUT2D eigenvalue weighted by molar-refractivity contribution is -0.128. The normalized spacial score (nSPS) is 15.1. The van der Waals surface area contributed by atoms with Crippen molar-refractivity contribution in [1.82, 2.24) is 4.90 Å². The first-order chi connectivity index (χ1) is 20.7. The second kappa shape index (κ2) is 25.8. The molecular weight excluding hydrogens is 534 g/mol. The molecule has 0 bridgehead atoms. The zero-order chi connectivity index (χ0) is 29.9. The van der Waals surface area contributed by atoms with Gasteiger partial charge in [0.15, 0.2) is 0 Å². The molecule has 2 rings (SSSR count). The maximum Gasteiger partial charge on any atom is 0.266 e. The molecule has 238 valence electrons. The van der Waals surface area contributed by atoms with Crippen LogP contribution < -0.4 is 0 Å². The highest BCUT2D eigenvalue weighted by molar-refractivity contribution is 7.80. The van der Waals surface area contributed by atoms with Crippen molar-refractivity contribution in [2.45, 2.75) is 173 Å². The predicted molar refractivity (Wildman–Crippen MR) is 185 cm³/mol. The van der Waals surface area contributed by atoms with E-state index < -0.39 is 0 Å². The first kappa shape index (κ1) is 36.5. The van der Waals surface area contributed by atoms with Gasteiger partial charge in [0.1, 0.15) is 6.61 Å². The summed E-state index contributed by atoms with van der Waals surface area (Å²) in [4.78, 5) is 14.6. The van der Waals surface area contributed by atoms with E-state index >= 15 is 0 Å². The Morgan fingerprint density at radius 2 is 1.17 bits per heavy atom. The van der Waals surface area contributed by atoms with Crippen molar-refractivity contribution in [1.29, 1.82) is 0 Å². The van der Waals surface area contributed by atoms with Crippen LogP contribution in [0, 0.1) is 0 Å². The zero-order valence-electron chi connectivity index (χ0n) is 27.2. The van der Waals surface area contributed by atoms with Crippen LogP contribution in [0.3, 0.4) is 0 Å². The molecule has 1 atom stereocenters. The Morgan fingerprint density at radius 3 is 1.67 bits per heavy atom. The Hall–Kier alpha value is -1.68. The molecule has 42 heavy (non-hydrogen) atoms. The number of hydrogen-bond acceptors (Lipinski definition) is 3. The highest BCUT2D eigenvalue weighted by atomic mass is 32.1. The first-order valence-corrected chi connectivity index (χ1v) is 18.3. The average Bonchev–Trinajstić information content (AvgIpc) is 3.37. The van der Waals surface area contributed by atoms with E-state index in [4.69, 9.17) is 17.0 Å². The molecule has 1 aromatic rings. The van der Waals surface area contributed by atoms with E-state index in [1.165, 1.54) is 140 Å². The van der Waals surface area contributed by atoms with Gasteiger partial charge < -0.3 is 4.74 Å². The summed E-state index contributed by atoms with van der Waals surface area (Å²) in [6.45, 7) is 2.80. The molecule has 3 nitrogen and oxygen atoms in total. The molecule has 1 aromatic carbocycles. The average molecular weight is 598 g/mol. The van der Waals surface area contributed by atoms with Gasteiger partial charge in [0.2, 0.25) is 5.91 Å². The fourth-order valence-corrected chi connectivity index (χ4v) is 6.36. The number of ether oxygens (including phenoxy) is 1. The van der Waals surface area contributed by atoms with Crippen LogP contribution in [0.2, 0.25) is 0 Å². The maximum absolute atomic E-state index is 12.8. The van der Waals surface area contributed by atoms with Gasteiger partial charge in [-0.05, 0) is 56.3 Å². The van der Waals surface area contributed by atoms with Gasteiger partial charge in [-0.15, -0.1) is 0 Å². The Balaban J connectivity index is 1.30. The number of carbonyl (C=O) groups excluding carboxylic acids is 1. The van der Waals surface area contributed by atoms with Crippen LogP contribution in [0.4, 0.5) is 0 Å². The summed E-state index contributed by atoms with van der Waals surface area (Å²) in [5.41, 5.74) is 1.22. The molecular formula is C38H63NO2S. The second-order valence-electron chi connectivity index (χ2n) is 12.6. The Morgan fingerprint density at radius 1 is 0.714 bits per heavy atom. The van der Waals surface area contributed by atoms with Crippen molar-refractivity contribution in [3.8, 4) is 0 Å². The number of benzene rings is 1. The minimum atomic E-state index is 0.0317. The van der Waals surface area contributed by atoms with Gasteiger partial charge in [-0.25, -0.2) is 0 Å². The van der Waals surface area contributed by atoms with Crippen LogP contribution in [0.5, 0.6) is 0 Å². The summed E-state index contributed by atoms with van der Waals surface area (Å²) >= 11 is 5.33. The van der Waals surface area contributed by atoms with E-state index in [-0.39, 0.29) is 11.9 Å². The Labute approximate surface area is 265 Å². The zero-order valence-corrected chi connectivity index (χ0v) is 28.0. The topological polar surface area (TPSA) is 29.5 Å². The van der Waals surface area contributed by atoms with E-state index in [1.54, 1.807) is 4.90 Å². The lowest BCUT2D eigenvalue weighted by atomic mass is 10.0. The Kier molecular flexibility index (Phi) is 22.4. The number of amides is 1. The number of nitrogens with zero attached hydrogens (tertiary/aromatic N) is 1. The molecule has 1 heterocycles. The molecule has 4 heteroatoms. The van der Waals surface area contributed by atoms with Gasteiger partial charge in [-0.3, -0.25) is 9.69 Å². The van der Waals surface area contributed by atoms with Crippen LogP contribution in [-0.4, -0.2) is 28.6 Å². The predicted octanol–water partition coefficient (Wildman–Crippen LogP) is 11.7. The molecule has 0 saturated carbocycles. The molecule has 1 amide bonds. The molecule has 0 spiro atoms. The van der Waals surface area contributed by atoms with E-state index in [2.05, 4.69) is 31.2 Å². The fourth-order valence-electron chi connectivity index (χ4n) is 6.04. The molecule has 0 radical (unpaired) electrons. The van der Waals surface area contributed by atoms with Crippen molar-refractivity contribution in [2.75, 3.05) is 6.61 Å². The van der Waals surface area contributed by atoms with Gasteiger partial charge >= 0.3 is 0 Å². The largest absolute Gasteiger partial charge is 0.468 e. The number of hydrogen-bond donors (Lipinski definition) is 0. The summed E-state index contributed by atoms with van der Waals surface area (Å²) in [6, 6.07) is 10.3. The van der Waals surface area contributed by atoms with E-state index in [1.807, 2.05) is 18.2 Å². The molecule has 0 unspecified atom stereocenters. The highest BCUT2D eigenvalue weighted by Crippen LogP contribution is 2.20. The lowest BCUT2D eigenvalue weighted by Gasteiger charge is -2.21. The van der Waals surface area contributed by atoms with Crippen LogP contribution in [-0.2, 0) is 16.0 Å². The van der Waals surface area contributed by atoms with E-state index in [0.29, 0.717) is 18.2 Å². The number of thiocarbonyl (C=S) groups is 1. The minimum Gasteiger partial charge on any atom is -0.468 e. The third kappa shape index (κ3) is 18.1. The van der Waals surface area contributed by atoms with Crippen LogP contribution in [0.15, 0.2) is 42.5 Å². The van der Waals surface area contributed by atoms with Crippen LogP contribution in [0.1, 0.15) is 167 Å². The third-order valence-corrected chi connectivity index (χ3v) is 9.01. The quantitative estimate of drug-likeness (QED) is 0.0574. The molecule has 0 aromatic heterocycles. The summed E-state index contributed by atoms with van der Waals surface area (Å²) in [5, 5.41) is 0.359. The van der Waals surface area contributed by atoms with Crippen molar-refractivity contribution in [3.63, 3.8) is 0 Å². The minimum absolute atomic E-state index is 0.0317. The van der Waals surface area contributed by atoms with Crippen molar-refractivity contribution in [2.24, 2.45) is 0 Å². The second-order valence-corrected chi connectivity index (χ2v) is 12.9. The molecule has 0 aliphatic carbocycles. The van der Waals surface area contributed by atoms with E-state index in [9.17, 15) is 4.79 Å². The third-order valence-electron chi connectivity index (χ3n) is 8.70. The number of rotatable bonds is 27. The Bertz CT molecular complexity index is 824. The highest BCUT2D eigenvalue weighted by Gasteiger charge is 2.34. The number of unbranched alkanes of at least 4 members (excludes halogenated alkanes) is 21. The molecule has 1 aliphatic heterocycles. The summed E-state index contributed by atoms with van der Waals surface area (Å²) in [6.07, 6.45) is 37.2. The van der Waals surface area contributed by atoms with Gasteiger partial charge in [-0.1, -0.05) is 165 Å². The van der Waals surface area contributed by atoms with Gasteiger partial charge in [0, 0.05) is 6.42 Å². The van der Waals surface area contributed by atoms with Gasteiger partial charge in [0.25, 0.3) is 5.17 Å². The molecule has 0 N–H and O–H groups in total. The summed E-state index contributed by atoms with van der Waals surface area (Å²) in [5.74, 6) is 0.129. The SMILES string of the molecule is CCCCCCCC/C=C\CCCCCCCCCCCCCCCCCC(=O)N1C(=S)OC[C@@H]1Cc1ccccc1. The van der Waals surface area contributed by atoms with Gasteiger partial charge in [-0.2, -0.15) is 0 Å². The van der Waals surface area contributed by atoms with Crippen molar-refractivity contribution >= 4 is 23.3 Å². The van der Waals surface area contributed by atoms with Crippen molar-refractivity contribution < 1.29 is 9.53 Å².